The summed E-state index contributed by atoms with van der Waals surface area (Å²) in [6, 6.07) is 4.99. The van der Waals surface area contributed by atoms with E-state index in [1.54, 1.807) is 17.2 Å². The van der Waals surface area contributed by atoms with Crippen LogP contribution in [-0.2, 0) is 17.4 Å². The third kappa shape index (κ3) is 4.60. The number of anilines is 2. The minimum atomic E-state index is -4.37. The second kappa shape index (κ2) is 8.36. The zero-order valence-electron chi connectivity index (χ0n) is 17.5. The van der Waals surface area contributed by atoms with Gasteiger partial charge in [0.1, 0.15) is 17.3 Å². The maximum Gasteiger partial charge on any atom is 0.416 e. The smallest absolute Gasteiger partial charge is 0.416 e. The van der Waals surface area contributed by atoms with Gasteiger partial charge in [0, 0.05) is 20.0 Å². The van der Waals surface area contributed by atoms with Crippen LogP contribution in [0, 0.1) is 11.8 Å². The van der Waals surface area contributed by atoms with E-state index in [1.165, 1.54) is 6.07 Å². The molecule has 2 heterocycles. The van der Waals surface area contributed by atoms with Gasteiger partial charge in [-0.1, -0.05) is 6.07 Å². The number of likely N-dealkylation sites (N-methyl/N-ethyl adjacent to an activating group) is 2. The number of benzene rings is 1. The Morgan fingerprint density at radius 2 is 2.00 bits per heavy atom. The van der Waals surface area contributed by atoms with Crippen molar-refractivity contribution in [3.8, 4) is 5.75 Å². The molecule has 0 atom stereocenters. The van der Waals surface area contributed by atoms with Crippen molar-refractivity contribution in [2.24, 2.45) is 11.8 Å². The van der Waals surface area contributed by atoms with Gasteiger partial charge in [-0.25, -0.2) is 9.97 Å². The third-order valence-corrected chi connectivity index (χ3v) is 5.89. The molecule has 166 valence electrons. The third-order valence-electron chi connectivity index (χ3n) is 5.89. The molecule has 1 fully saturated rings. The van der Waals surface area contributed by atoms with Crippen LogP contribution in [0.1, 0.15) is 31.2 Å². The van der Waals surface area contributed by atoms with Gasteiger partial charge < -0.3 is 14.5 Å². The highest BCUT2D eigenvalue weighted by Crippen LogP contribution is 2.38. The Hall–Kier alpha value is -2.84. The zero-order valence-corrected chi connectivity index (χ0v) is 17.5. The van der Waals surface area contributed by atoms with Gasteiger partial charge in [0.05, 0.1) is 24.9 Å². The largest absolute Gasteiger partial charge is 0.493 e. The topological polar surface area (TPSA) is 58.6 Å². The second-order valence-electron chi connectivity index (χ2n) is 8.23. The van der Waals surface area contributed by atoms with Crippen LogP contribution in [0.15, 0.2) is 30.5 Å². The molecule has 9 heteroatoms. The highest BCUT2D eigenvalue weighted by molar-refractivity contribution is 6.01. The Balaban J connectivity index is 1.30. The first-order chi connectivity index (χ1) is 14.7. The second-order valence-corrected chi connectivity index (χ2v) is 8.23. The van der Waals surface area contributed by atoms with Gasteiger partial charge in [-0.15, -0.1) is 0 Å². The van der Waals surface area contributed by atoms with Gasteiger partial charge >= 0.3 is 6.18 Å². The van der Waals surface area contributed by atoms with Crippen LogP contribution in [0.4, 0.5) is 24.7 Å². The van der Waals surface area contributed by atoms with E-state index in [-0.39, 0.29) is 11.7 Å². The quantitative estimate of drug-likeness (QED) is 0.689. The van der Waals surface area contributed by atoms with E-state index in [1.807, 2.05) is 18.9 Å². The standard InChI is InChI=1S/C22H25F3N4O2/c1-3-29-18-11-26-19(27-21(18)28(2)12-20(29)30)9-14-7-15(8-14)13-31-17-6-4-5-16(10-17)22(23,24)25/h4-6,10-11,14-15H,3,7-9,12-13H2,1-2H3. The van der Waals surface area contributed by atoms with Gasteiger partial charge in [0.15, 0.2) is 5.82 Å². The summed E-state index contributed by atoms with van der Waals surface area (Å²) in [5, 5.41) is 0. The van der Waals surface area contributed by atoms with Crippen LogP contribution in [0.2, 0.25) is 0 Å². The molecule has 1 amide bonds. The Labute approximate surface area is 179 Å². The first-order valence-electron chi connectivity index (χ1n) is 10.4. The number of carbonyl (C=O) groups is 1. The maximum absolute atomic E-state index is 12.8. The van der Waals surface area contributed by atoms with Crippen LogP contribution in [0.5, 0.6) is 5.75 Å². The van der Waals surface area contributed by atoms with Gasteiger partial charge in [-0.05, 0) is 49.8 Å². The molecule has 4 rings (SSSR count). The molecule has 0 spiro atoms. The minimum Gasteiger partial charge on any atom is -0.493 e. The van der Waals surface area contributed by atoms with Crippen molar-refractivity contribution in [2.75, 3.05) is 36.5 Å². The Kier molecular flexibility index (Phi) is 5.77. The summed E-state index contributed by atoms with van der Waals surface area (Å²) < 4.78 is 44.0. The van der Waals surface area contributed by atoms with Gasteiger partial charge in [-0.2, -0.15) is 13.2 Å². The SMILES string of the molecule is CCN1C(=O)CN(C)c2nc(CC3CC(COc4cccc(C(F)(F)F)c4)C3)ncc21. The molecule has 1 aromatic heterocycles. The number of hydrogen-bond donors (Lipinski definition) is 0. The van der Waals surface area contributed by atoms with Crippen LogP contribution in [-0.4, -0.2) is 42.6 Å². The summed E-state index contributed by atoms with van der Waals surface area (Å²) in [6.07, 6.45) is -0.0577. The van der Waals surface area contributed by atoms with Crippen molar-refractivity contribution in [3.05, 3.63) is 41.9 Å². The number of aromatic nitrogens is 2. The van der Waals surface area contributed by atoms with Crippen molar-refractivity contribution < 1.29 is 22.7 Å². The maximum atomic E-state index is 12.8. The average Bonchev–Trinajstić information content (AvgIpc) is 2.69. The van der Waals surface area contributed by atoms with Gasteiger partial charge in [-0.3, -0.25) is 4.79 Å². The van der Waals surface area contributed by atoms with Crippen molar-refractivity contribution in [3.63, 3.8) is 0 Å². The van der Waals surface area contributed by atoms with Crippen LogP contribution in [0.3, 0.4) is 0 Å². The van der Waals surface area contributed by atoms with Gasteiger partial charge in [0.2, 0.25) is 5.91 Å². The molecule has 31 heavy (non-hydrogen) atoms. The normalized spacial score (nSPS) is 21.0. The van der Waals surface area contributed by atoms with Crippen molar-refractivity contribution in [2.45, 2.75) is 32.4 Å². The lowest BCUT2D eigenvalue weighted by molar-refractivity contribution is -0.137. The lowest BCUT2D eigenvalue weighted by Gasteiger charge is -2.36. The number of carbonyl (C=O) groups excluding carboxylic acids is 1. The molecule has 2 aliphatic rings. The minimum absolute atomic E-state index is 0.0384. The van der Waals surface area contributed by atoms with Crippen LogP contribution >= 0.6 is 0 Å². The predicted molar refractivity (Wildman–Crippen MR) is 110 cm³/mol. The van der Waals surface area contributed by atoms with E-state index in [0.717, 1.165) is 48.7 Å². The van der Waals surface area contributed by atoms with Crippen molar-refractivity contribution in [1.82, 2.24) is 9.97 Å². The first-order valence-corrected chi connectivity index (χ1v) is 10.4. The number of amides is 1. The fourth-order valence-electron chi connectivity index (χ4n) is 4.23. The molecule has 1 aromatic carbocycles. The van der Waals surface area contributed by atoms with Gasteiger partial charge in [0.25, 0.3) is 0 Å². The Morgan fingerprint density at radius 1 is 1.23 bits per heavy atom. The number of fused-ring (bicyclic) bond motifs is 1. The van der Waals surface area contributed by atoms with E-state index in [0.29, 0.717) is 31.5 Å². The summed E-state index contributed by atoms with van der Waals surface area (Å²) in [5.41, 5.74) is 0.0420. The molecule has 0 bridgehead atoms. The fraction of sp³-hybridized carbons (Fsp3) is 0.500. The highest BCUT2D eigenvalue weighted by atomic mass is 19.4. The van der Waals surface area contributed by atoms with E-state index < -0.39 is 11.7 Å². The van der Waals surface area contributed by atoms with Crippen molar-refractivity contribution >= 4 is 17.4 Å². The molecule has 1 saturated carbocycles. The van der Waals surface area contributed by atoms with Crippen LogP contribution in [0.25, 0.3) is 0 Å². The number of halogens is 3. The molecule has 0 radical (unpaired) electrons. The molecule has 1 aliphatic heterocycles. The molecule has 6 nitrogen and oxygen atoms in total. The summed E-state index contributed by atoms with van der Waals surface area (Å²) in [7, 11) is 1.85. The van der Waals surface area contributed by atoms with E-state index in [9.17, 15) is 18.0 Å². The Morgan fingerprint density at radius 3 is 2.71 bits per heavy atom. The molecule has 0 saturated heterocycles. The molecule has 1 aliphatic carbocycles. The number of nitrogens with zero attached hydrogens (tertiary/aromatic N) is 4. The molecular weight excluding hydrogens is 409 g/mol. The Bertz CT molecular complexity index is 960. The summed E-state index contributed by atoms with van der Waals surface area (Å²) in [6.45, 7) is 3.21. The highest BCUT2D eigenvalue weighted by Gasteiger charge is 2.33. The lowest BCUT2D eigenvalue weighted by Crippen LogP contribution is -2.45. The monoisotopic (exact) mass is 434 g/mol. The van der Waals surface area contributed by atoms with E-state index in [4.69, 9.17) is 4.74 Å². The fourth-order valence-corrected chi connectivity index (χ4v) is 4.23. The molecule has 2 aromatic rings. The molecule has 0 unspecified atom stereocenters. The average molecular weight is 434 g/mol. The van der Waals surface area contributed by atoms with E-state index in [2.05, 4.69) is 9.97 Å². The number of ether oxygens (including phenoxy) is 1. The van der Waals surface area contributed by atoms with Crippen LogP contribution < -0.4 is 14.5 Å². The summed E-state index contributed by atoms with van der Waals surface area (Å²) >= 11 is 0. The predicted octanol–water partition coefficient (Wildman–Crippen LogP) is 3.95. The number of hydrogen-bond acceptors (Lipinski definition) is 5. The first kappa shape index (κ1) is 21.4. The van der Waals surface area contributed by atoms with Crippen molar-refractivity contribution in [1.29, 1.82) is 0 Å². The van der Waals surface area contributed by atoms with E-state index >= 15 is 0 Å². The molecular formula is C22H25F3N4O2. The number of alkyl halides is 3. The summed E-state index contributed by atoms with van der Waals surface area (Å²) in [5.74, 6) is 2.54. The lowest BCUT2D eigenvalue weighted by atomic mass is 9.73. The summed E-state index contributed by atoms with van der Waals surface area (Å²) in [4.78, 5) is 24.8. The zero-order chi connectivity index (χ0) is 22.2. The number of rotatable bonds is 6. The molecule has 0 N–H and O–H groups in total.